The highest BCUT2D eigenvalue weighted by molar-refractivity contribution is 5.52. The minimum Gasteiger partial charge on any atom is -0.308 e. The quantitative estimate of drug-likeness (QED) is 0.564. The molecule has 0 amide bonds. The molecule has 0 radical (unpaired) electrons. The van der Waals surface area contributed by atoms with Crippen molar-refractivity contribution in [2.45, 2.75) is 18.9 Å². The number of likely N-dealkylation sites (tertiary alicyclic amines) is 1. The number of nitrogens with zero attached hydrogens (tertiary/aromatic N) is 2. The zero-order valence-corrected chi connectivity index (χ0v) is 7.99. The van der Waals surface area contributed by atoms with Crippen LogP contribution in [0.3, 0.4) is 0 Å². The van der Waals surface area contributed by atoms with Crippen LogP contribution in [0.1, 0.15) is 12.8 Å². The molecule has 3 nitrogen and oxygen atoms in total. The predicted molar refractivity (Wildman–Crippen MR) is 49.2 cm³/mol. The van der Waals surface area contributed by atoms with Crippen LogP contribution in [0.25, 0.3) is 0 Å². The van der Waals surface area contributed by atoms with E-state index in [4.69, 9.17) is 0 Å². The summed E-state index contributed by atoms with van der Waals surface area (Å²) >= 11 is 0. The van der Waals surface area contributed by atoms with Crippen LogP contribution in [0.15, 0.2) is 0 Å². The summed E-state index contributed by atoms with van der Waals surface area (Å²) in [6.07, 6.45) is 3.49. The van der Waals surface area contributed by atoms with Gasteiger partial charge in [-0.15, -0.1) is 0 Å². The lowest BCUT2D eigenvalue weighted by atomic mass is 10.2. The van der Waals surface area contributed by atoms with Crippen LogP contribution in [0, 0.1) is 0 Å². The maximum Gasteiger partial charge on any atom is 0.133 e. The molecule has 1 aliphatic heterocycles. The molecular weight excluding hydrogens is 152 g/mol. The van der Waals surface area contributed by atoms with Crippen LogP contribution in [-0.2, 0) is 4.79 Å². The van der Waals surface area contributed by atoms with Crippen molar-refractivity contribution in [3.05, 3.63) is 0 Å². The van der Waals surface area contributed by atoms with Gasteiger partial charge in [-0.25, -0.2) is 0 Å². The zero-order chi connectivity index (χ0) is 8.97. The average Bonchev–Trinajstić information content (AvgIpc) is 2.37. The van der Waals surface area contributed by atoms with Crippen molar-refractivity contribution < 1.29 is 4.79 Å². The Balaban J connectivity index is 2.35. The second-order valence-electron chi connectivity index (χ2n) is 3.72. The van der Waals surface area contributed by atoms with Gasteiger partial charge in [-0.2, -0.15) is 0 Å². The second-order valence-corrected chi connectivity index (χ2v) is 3.72. The Morgan fingerprint density at radius 3 is 2.92 bits per heavy atom. The number of hydrogen-bond donors (Lipinski definition) is 0. The standard InChI is InChI=1S/C9H18N2O/c1-10(2)8-9-4-3-5-11(9)6-7-12/h7,9H,3-6,8H2,1-2H3. The topological polar surface area (TPSA) is 23.6 Å². The smallest absolute Gasteiger partial charge is 0.133 e. The molecule has 12 heavy (non-hydrogen) atoms. The number of carbonyl (C=O) groups excluding carboxylic acids is 1. The normalized spacial score (nSPS) is 25.1. The SMILES string of the molecule is CN(C)CC1CCCN1CC=O. The minimum atomic E-state index is 0.602. The molecule has 70 valence electrons. The Hall–Kier alpha value is -0.410. The molecule has 1 aliphatic rings. The zero-order valence-electron chi connectivity index (χ0n) is 7.99. The van der Waals surface area contributed by atoms with Crippen molar-refractivity contribution >= 4 is 6.29 Å². The summed E-state index contributed by atoms with van der Waals surface area (Å²) in [5, 5.41) is 0. The third-order valence-corrected chi connectivity index (χ3v) is 2.38. The van der Waals surface area contributed by atoms with Crippen LogP contribution >= 0.6 is 0 Å². The lowest BCUT2D eigenvalue weighted by Crippen LogP contribution is -2.38. The Morgan fingerprint density at radius 2 is 2.33 bits per heavy atom. The molecule has 0 bridgehead atoms. The Kier molecular flexibility index (Phi) is 3.69. The van der Waals surface area contributed by atoms with Gasteiger partial charge in [0, 0.05) is 12.6 Å². The van der Waals surface area contributed by atoms with Gasteiger partial charge in [-0.05, 0) is 33.5 Å². The summed E-state index contributed by atoms with van der Waals surface area (Å²) < 4.78 is 0. The van der Waals surface area contributed by atoms with Crippen LogP contribution < -0.4 is 0 Å². The molecule has 1 atom stereocenters. The molecule has 0 spiro atoms. The number of rotatable bonds is 4. The van der Waals surface area contributed by atoms with Crippen LogP contribution in [0.5, 0.6) is 0 Å². The molecule has 0 aromatic rings. The van der Waals surface area contributed by atoms with Crippen molar-refractivity contribution in [3.8, 4) is 0 Å². The summed E-state index contributed by atoms with van der Waals surface area (Å²) in [5.41, 5.74) is 0. The highest BCUT2D eigenvalue weighted by Crippen LogP contribution is 2.16. The van der Waals surface area contributed by atoms with Gasteiger partial charge in [0.25, 0.3) is 0 Å². The van der Waals surface area contributed by atoms with Crippen molar-refractivity contribution in [3.63, 3.8) is 0 Å². The Bertz CT molecular complexity index is 147. The summed E-state index contributed by atoms with van der Waals surface area (Å²) in [5.74, 6) is 0. The highest BCUT2D eigenvalue weighted by Gasteiger charge is 2.23. The first-order valence-corrected chi connectivity index (χ1v) is 4.56. The summed E-state index contributed by atoms with van der Waals surface area (Å²) in [6, 6.07) is 0.602. The number of carbonyl (C=O) groups is 1. The monoisotopic (exact) mass is 170 g/mol. The number of likely N-dealkylation sites (N-methyl/N-ethyl adjacent to an activating group) is 1. The van der Waals surface area contributed by atoms with Crippen molar-refractivity contribution in [2.75, 3.05) is 33.7 Å². The van der Waals surface area contributed by atoms with Crippen molar-refractivity contribution in [1.29, 1.82) is 0 Å². The van der Waals surface area contributed by atoms with E-state index < -0.39 is 0 Å². The molecular formula is C9H18N2O. The molecule has 0 aromatic carbocycles. The van der Waals surface area contributed by atoms with E-state index in [0.717, 1.165) is 19.4 Å². The molecule has 1 unspecified atom stereocenters. The molecule has 0 saturated carbocycles. The van der Waals surface area contributed by atoms with E-state index in [1.807, 2.05) is 0 Å². The van der Waals surface area contributed by atoms with E-state index in [0.29, 0.717) is 12.6 Å². The fraction of sp³-hybridized carbons (Fsp3) is 0.889. The van der Waals surface area contributed by atoms with Crippen molar-refractivity contribution in [2.24, 2.45) is 0 Å². The number of hydrogen-bond acceptors (Lipinski definition) is 3. The molecule has 1 heterocycles. The van der Waals surface area contributed by atoms with E-state index in [1.54, 1.807) is 0 Å². The first kappa shape index (κ1) is 9.68. The molecule has 1 rings (SSSR count). The van der Waals surface area contributed by atoms with E-state index in [9.17, 15) is 4.79 Å². The van der Waals surface area contributed by atoms with E-state index in [1.165, 1.54) is 12.8 Å². The first-order valence-electron chi connectivity index (χ1n) is 4.56. The molecule has 1 fully saturated rings. The maximum atomic E-state index is 10.3. The van der Waals surface area contributed by atoms with E-state index in [2.05, 4.69) is 23.9 Å². The van der Waals surface area contributed by atoms with Gasteiger partial charge < -0.3 is 9.69 Å². The van der Waals surface area contributed by atoms with Gasteiger partial charge in [0.2, 0.25) is 0 Å². The largest absolute Gasteiger partial charge is 0.308 e. The van der Waals surface area contributed by atoms with Crippen LogP contribution in [0.4, 0.5) is 0 Å². The van der Waals surface area contributed by atoms with E-state index in [-0.39, 0.29) is 0 Å². The second kappa shape index (κ2) is 4.58. The first-order chi connectivity index (χ1) is 5.74. The molecule has 0 aliphatic carbocycles. The van der Waals surface area contributed by atoms with Gasteiger partial charge in [0.05, 0.1) is 6.54 Å². The minimum absolute atomic E-state index is 0.602. The lowest BCUT2D eigenvalue weighted by Gasteiger charge is -2.24. The third kappa shape index (κ3) is 2.57. The third-order valence-electron chi connectivity index (χ3n) is 2.38. The average molecular weight is 170 g/mol. The van der Waals surface area contributed by atoms with Crippen LogP contribution in [-0.4, -0.2) is 55.9 Å². The fourth-order valence-corrected chi connectivity index (χ4v) is 1.86. The Labute approximate surface area is 74.3 Å². The molecule has 1 saturated heterocycles. The van der Waals surface area contributed by atoms with Gasteiger partial charge >= 0.3 is 0 Å². The Morgan fingerprint density at radius 1 is 1.58 bits per heavy atom. The summed E-state index contributed by atoms with van der Waals surface area (Å²) in [7, 11) is 4.16. The molecule has 0 N–H and O–H groups in total. The maximum absolute atomic E-state index is 10.3. The molecule has 3 heteroatoms. The molecule has 0 aromatic heterocycles. The highest BCUT2D eigenvalue weighted by atomic mass is 16.1. The van der Waals surface area contributed by atoms with Crippen LogP contribution in [0.2, 0.25) is 0 Å². The van der Waals surface area contributed by atoms with Gasteiger partial charge in [-0.3, -0.25) is 4.90 Å². The van der Waals surface area contributed by atoms with Gasteiger partial charge in [0.1, 0.15) is 6.29 Å². The van der Waals surface area contributed by atoms with Gasteiger partial charge in [0.15, 0.2) is 0 Å². The summed E-state index contributed by atoms with van der Waals surface area (Å²) in [6.45, 7) is 2.78. The predicted octanol–water partition coefficient (Wildman–Crippen LogP) is 0.211. The fourth-order valence-electron chi connectivity index (χ4n) is 1.86. The summed E-state index contributed by atoms with van der Waals surface area (Å²) in [4.78, 5) is 14.8. The number of aldehydes is 1. The lowest BCUT2D eigenvalue weighted by molar-refractivity contribution is -0.109. The van der Waals surface area contributed by atoms with Gasteiger partial charge in [-0.1, -0.05) is 0 Å². The van der Waals surface area contributed by atoms with Crippen molar-refractivity contribution in [1.82, 2.24) is 9.80 Å². The van der Waals surface area contributed by atoms with E-state index >= 15 is 0 Å².